The lowest BCUT2D eigenvalue weighted by atomic mass is 9.97. The molecular formula is C17H14FNO. The topological polar surface area (TPSA) is 35.2 Å². The van der Waals surface area contributed by atoms with Gasteiger partial charge in [-0.2, -0.15) is 0 Å². The number of rotatable bonds is 2. The Morgan fingerprint density at radius 1 is 0.900 bits per heavy atom. The van der Waals surface area contributed by atoms with Gasteiger partial charge in [-0.1, -0.05) is 30.3 Å². The van der Waals surface area contributed by atoms with Gasteiger partial charge in [-0.25, -0.2) is 4.39 Å². The zero-order valence-electron chi connectivity index (χ0n) is 11.1. The van der Waals surface area contributed by atoms with Crippen LogP contribution in [-0.2, 0) is 0 Å². The van der Waals surface area contributed by atoms with Crippen LogP contribution in [0.1, 0.15) is 0 Å². The van der Waals surface area contributed by atoms with E-state index in [-0.39, 0.29) is 5.82 Å². The van der Waals surface area contributed by atoms with Gasteiger partial charge in [-0.3, -0.25) is 0 Å². The van der Waals surface area contributed by atoms with Gasteiger partial charge >= 0.3 is 0 Å². The van der Waals surface area contributed by atoms with Crippen LogP contribution in [0.15, 0.2) is 54.6 Å². The fraction of sp³-hybridized carbons (Fsp3) is 0.0588. The van der Waals surface area contributed by atoms with E-state index in [1.165, 1.54) is 6.07 Å². The minimum Gasteiger partial charge on any atom is -0.497 e. The Morgan fingerprint density at radius 2 is 1.65 bits per heavy atom. The molecule has 2 nitrogen and oxygen atoms in total. The maximum absolute atomic E-state index is 14.1. The van der Waals surface area contributed by atoms with E-state index in [2.05, 4.69) is 0 Å². The lowest BCUT2D eigenvalue weighted by Gasteiger charge is -2.10. The number of ether oxygens (including phenoxy) is 1. The molecule has 0 heterocycles. The Bertz CT molecular complexity index is 783. The predicted molar refractivity (Wildman–Crippen MR) is 80.3 cm³/mol. The van der Waals surface area contributed by atoms with Crippen molar-refractivity contribution in [3.05, 3.63) is 60.4 Å². The Labute approximate surface area is 116 Å². The lowest BCUT2D eigenvalue weighted by Crippen LogP contribution is -1.91. The average Bonchev–Trinajstić information content (AvgIpc) is 2.48. The van der Waals surface area contributed by atoms with E-state index in [1.807, 2.05) is 36.4 Å². The van der Waals surface area contributed by atoms with E-state index in [9.17, 15) is 4.39 Å². The molecule has 2 N–H and O–H groups in total. The zero-order valence-corrected chi connectivity index (χ0v) is 11.1. The van der Waals surface area contributed by atoms with Gasteiger partial charge in [-0.05, 0) is 35.2 Å². The molecule has 3 heteroatoms. The van der Waals surface area contributed by atoms with Crippen LogP contribution in [-0.4, -0.2) is 7.11 Å². The van der Waals surface area contributed by atoms with Gasteiger partial charge in [0.25, 0.3) is 0 Å². The second-order valence-electron chi connectivity index (χ2n) is 4.59. The first kappa shape index (κ1) is 12.5. The summed E-state index contributed by atoms with van der Waals surface area (Å²) in [4.78, 5) is 0. The molecule has 3 aromatic rings. The van der Waals surface area contributed by atoms with Crippen molar-refractivity contribution in [3.63, 3.8) is 0 Å². The summed E-state index contributed by atoms with van der Waals surface area (Å²) < 4.78 is 19.3. The summed E-state index contributed by atoms with van der Waals surface area (Å²) in [5.74, 6) is 0.350. The molecule has 20 heavy (non-hydrogen) atoms. The Hall–Kier alpha value is -2.55. The summed E-state index contributed by atoms with van der Waals surface area (Å²) in [7, 11) is 1.57. The van der Waals surface area contributed by atoms with Crippen molar-refractivity contribution in [2.75, 3.05) is 12.8 Å². The lowest BCUT2D eigenvalue weighted by molar-refractivity contribution is 0.414. The molecular weight excluding hydrogens is 253 g/mol. The van der Waals surface area contributed by atoms with Crippen LogP contribution in [0.25, 0.3) is 21.9 Å². The minimum absolute atomic E-state index is 0.277. The molecule has 0 aromatic heterocycles. The number of hydrogen-bond acceptors (Lipinski definition) is 2. The van der Waals surface area contributed by atoms with Crippen molar-refractivity contribution in [3.8, 4) is 16.9 Å². The number of nitrogens with two attached hydrogens (primary N) is 1. The van der Waals surface area contributed by atoms with Crippen molar-refractivity contribution in [2.24, 2.45) is 0 Å². The summed E-state index contributed by atoms with van der Waals surface area (Å²) in [5, 5.41) is 1.85. The molecule has 0 bridgehead atoms. The number of hydrogen-bond donors (Lipinski definition) is 1. The van der Waals surface area contributed by atoms with Crippen LogP contribution >= 0.6 is 0 Å². The van der Waals surface area contributed by atoms with Crippen LogP contribution in [0, 0.1) is 5.82 Å². The molecule has 0 unspecified atom stereocenters. The molecule has 0 aliphatic rings. The van der Waals surface area contributed by atoms with Gasteiger partial charge in [0.15, 0.2) is 0 Å². The van der Waals surface area contributed by atoms with E-state index >= 15 is 0 Å². The quantitative estimate of drug-likeness (QED) is 0.705. The molecule has 0 saturated heterocycles. The summed E-state index contributed by atoms with van der Waals surface area (Å²) in [5.41, 5.74) is 7.99. The van der Waals surface area contributed by atoms with Crippen molar-refractivity contribution < 1.29 is 9.13 Å². The molecule has 0 fully saturated rings. The van der Waals surface area contributed by atoms with Crippen molar-refractivity contribution >= 4 is 16.5 Å². The standard InChI is InChI=1S/C17H14FNO/c1-20-11-8-9-16(18)15(10-11)13-4-2-6-14-12(13)5-3-7-17(14)19/h2-10H,19H2,1H3. The van der Waals surface area contributed by atoms with E-state index in [4.69, 9.17) is 10.5 Å². The highest BCUT2D eigenvalue weighted by atomic mass is 19.1. The number of halogens is 1. The normalized spacial score (nSPS) is 10.7. The van der Waals surface area contributed by atoms with Crippen molar-refractivity contribution in [1.82, 2.24) is 0 Å². The summed E-state index contributed by atoms with van der Waals surface area (Å²) in [6.45, 7) is 0. The maximum atomic E-state index is 14.1. The third kappa shape index (κ3) is 1.97. The SMILES string of the molecule is COc1ccc(F)c(-c2cccc3c(N)cccc23)c1. The summed E-state index contributed by atoms with van der Waals surface area (Å²) in [6, 6.07) is 16.1. The Kier molecular flexibility index (Phi) is 3.03. The molecule has 0 amide bonds. The van der Waals surface area contributed by atoms with Gasteiger partial charge in [0.1, 0.15) is 11.6 Å². The molecule has 100 valence electrons. The minimum atomic E-state index is -0.277. The van der Waals surface area contributed by atoms with Crippen LogP contribution in [0.5, 0.6) is 5.75 Å². The highest BCUT2D eigenvalue weighted by Gasteiger charge is 2.10. The molecule has 0 spiro atoms. The van der Waals surface area contributed by atoms with Crippen LogP contribution in [0.3, 0.4) is 0 Å². The predicted octanol–water partition coefficient (Wildman–Crippen LogP) is 4.24. The first-order chi connectivity index (χ1) is 9.70. The zero-order chi connectivity index (χ0) is 14.1. The van der Waals surface area contributed by atoms with Crippen LogP contribution in [0.4, 0.5) is 10.1 Å². The molecule has 3 rings (SSSR count). The molecule has 0 aliphatic carbocycles. The highest BCUT2D eigenvalue weighted by Crippen LogP contribution is 2.34. The van der Waals surface area contributed by atoms with Gasteiger partial charge in [0, 0.05) is 16.6 Å². The van der Waals surface area contributed by atoms with Crippen molar-refractivity contribution in [1.29, 1.82) is 0 Å². The van der Waals surface area contributed by atoms with Gasteiger partial charge in [0.05, 0.1) is 7.11 Å². The number of fused-ring (bicyclic) bond motifs is 1. The second-order valence-corrected chi connectivity index (χ2v) is 4.59. The molecule has 0 aliphatic heterocycles. The van der Waals surface area contributed by atoms with Crippen molar-refractivity contribution in [2.45, 2.75) is 0 Å². The molecule has 0 saturated carbocycles. The summed E-state index contributed by atoms with van der Waals surface area (Å²) >= 11 is 0. The smallest absolute Gasteiger partial charge is 0.131 e. The third-order valence-corrected chi connectivity index (χ3v) is 3.42. The first-order valence-corrected chi connectivity index (χ1v) is 6.32. The van der Waals surface area contributed by atoms with E-state index in [0.717, 1.165) is 16.3 Å². The average molecular weight is 267 g/mol. The summed E-state index contributed by atoms with van der Waals surface area (Å²) in [6.07, 6.45) is 0. The van der Waals surface area contributed by atoms with Crippen LogP contribution in [0.2, 0.25) is 0 Å². The highest BCUT2D eigenvalue weighted by molar-refractivity contribution is 6.02. The number of anilines is 1. The second kappa shape index (κ2) is 4.85. The van der Waals surface area contributed by atoms with E-state index in [1.54, 1.807) is 19.2 Å². The number of methoxy groups -OCH3 is 1. The Balaban J connectivity index is 2.32. The Morgan fingerprint density at radius 3 is 2.45 bits per heavy atom. The van der Waals surface area contributed by atoms with Gasteiger partial charge in [-0.15, -0.1) is 0 Å². The van der Waals surface area contributed by atoms with Crippen LogP contribution < -0.4 is 10.5 Å². The van der Waals surface area contributed by atoms with E-state index in [0.29, 0.717) is 17.0 Å². The third-order valence-electron chi connectivity index (χ3n) is 3.42. The fourth-order valence-corrected chi connectivity index (χ4v) is 2.41. The fourth-order valence-electron chi connectivity index (χ4n) is 2.41. The monoisotopic (exact) mass is 267 g/mol. The molecule has 3 aromatic carbocycles. The van der Waals surface area contributed by atoms with Gasteiger partial charge in [0.2, 0.25) is 0 Å². The first-order valence-electron chi connectivity index (χ1n) is 6.32. The maximum Gasteiger partial charge on any atom is 0.131 e. The van der Waals surface area contributed by atoms with Gasteiger partial charge < -0.3 is 10.5 Å². The molecule has 0 radical (unpaired) electrons. The number of nitrogen functional groups attached to an aromatic ring is 1. The number of benzene rings is 3. The largest absolute Gasteiger partial charge is 0.497 e. The molecule has 0 atom stereocenters. The van der Waals surface area contributed by atoms with E-state index < -0.39 is 0 Å².